The Kier molecular flexibility index (Phi) is 26.6. The minimum atomic E-state index is 0.824. The Hall–Kier alpha value is -0.0800. The molecule has 0 aliphatic rings. The van der Waals surface area contributed by atoms with Crippen LogP contribution in [0.5, 0.6) is 0 Å². The second kappa shape index (κ2) is 24.0. The van der Waals surface area contributed by atoms with Gasteiger partial charge in [-0.1, -0.05) is 90.9 Å². The van der Waals surface area contributed by atoms with Gasteiger partial charge in [0.05, 0.1) is 0 Å². The van der Waals surface area contributed by atoms with Crippen LogP contribution in [0.1, 0.15) is 104 Å². The van der Waals surface area contributed by atoms with Gasteiger partial charge in [0.2, 0.25) is 0 Å². The van der Waals surface area contributed by atoms with Crippen molar-refractivity contribution in [1.82, 2.24) is 0 Å². The van der Waals surface area contributed by atoms with Gasteiger partial charge in [-0.25, -0.2) is 0 Å². The number of rotatable bonds is 14. The molecule has 0 spiro atoms. The molecule has 0 heterocycles. The van der Waals surface area contributed by atoms with Crippen molar-refractivity contribution in [2.75, 3.05) is 13.1 Å². The van der Waals surface area contributed by atoms with Gasteiger partial charge in [0.1, 0.15) is 0 Å². The Morgan fingerprint density at radius 2 is 0.650 bits per heavy atom. The van der Waals surface area contributed by atoms with Crippen LogP contribution in [0.15, 0.2) is 0 Å². The van der Waals surface area contributed by atoms with E-state index in [1.54, 1.807) is 0 Å². The highest BCUT2D eigenvalue weighted by Gasteiger charge is 1.90. The minimum Gasteiger partial charge on any atom is -0.330 e. The van der Waals surface area contributed by atoms with Crippen LogP contribution in [0.4, 0.5) is 0 Å². The summed E-state index contributed by atoms with van der Waals surface area (Å²) >= 11 is 0. The number of unbranched alkanes of at least 4 members (excludes halogenated alkanes) is 12. The molecule has 0 amide bonds. The highest BCUT2D eigenvalue weighted by molar-refractivity contribution is 4.46. The van der Waals surface area contributed by atoms with E-state index in [-0.39, 0.29) is 0 Å². The quantitative estimate of drug-likeness (QED) is 0.420. The van der Waals surface area contributed by atoms with Gasteiger partial charge in [-0.2, -0.15) is 0 Å². The maximum Gasteiger partial charge on any atom is -0.00773 e. The molecule has 0 unspecified atom stereocenters. The molecule has 124 valence electrons. The van der Waals surface area contributed by atoms with Crippen molar-refractivity contribution in [2.24, 2.45) is 11.5 Å². The summed E-state index contributed by atoms with van der Waals surface area (Å²) in [6.45, 7) is 6.21. The van der Waals surface area contributed by atoms with Gasteiger partial charge in [-0.05, 0) is 25.9 Å². The summed E-state index contributed by atoms with van der Waals surface area (Å²) < 4.78 is 0. The maximum atomic E-state index is 5.28. The average molecular weight is 287 g/mol. The molecule has 2 nitrogen and oxygen atoms in total. The molecule has 4 N–H and O–H groups in total. The third-order valence-electron chi connectivity index (χ3n) is 3.62. The van der Waals surface area contributed by atoms with E-state index >= 15 is 0 Å². The largest absolute Gasteiger partial charge is 0.330 e. The number of hydrogen-bond acceptors (Lipinski definition) is 2. The molecular weight excluding hydrogens is 244 g/mol. The van der Waals surface area contributed by atoms with Crippen molar-refractivity contribution in [1.29, 1.82) is 0 Å². The summed E-state index contributed by atoms with van der Waals surface area (Å²) in [6.07, 6.45) is 19.2. The zero-order valence-corrected chi connectivity index (χ0v) is 14.5. The zero-order valence-electron chi connectivity index (χ0n) is 14.5. The molecule has 0 aromatic heterocycles. The predicted molar refractivity (Wildman–Crippen MR) is 94.1 cm³/mol. The molecule has 0 rings (SSSR count). The molecule has 0 bridgehead atoms. The van der Waals surface area contributed by atoms with Crippen molar-refractivity contribution in [3.63, 3.8) is 0 Å². The van der Waals surface area contributed by atoms with E-state index in [1.807, 2.05) is 0 Å². The molecule has 0 radical (unpaired) electrons. The maximum absolute atomic E-state index is 5.28. The molecule has 20 heavy (non-hydrogen) atoms. The summed E-state index contributed by atoms with van der Waals surface area (Å²) in [5, 5.41) is 0. The predicted octanol–water partition coefficient (Wildman–Crippen LogP) is 5.39. The van der Waals surface area contributed by atoms with Crippen LogP contribution < -0.4 is 11.5 Å². The van der Waals surface area contributed by atoms with Crippen LogP contribution in [0.3, 0.4) is 0 Å². The molecule has 2 heteroatoms. The summed E-state index contributed by atoms with van der Waals surface area (Å²) in [4.78, 5) is 0. The Morgan fingerprint density at radius 3 is 0.900 bits per heavy atom. The van der Waals surface area contributed by atoms with Gasteiger partial charge in [0.25, 0.3) is 0 Å². The van der Waals surface area contributed by atoms with Crippen molar-refractivity contribution in [3.05, 3.63) is 0 Å². The molecule has 0 aromatic rings. The first-order valence-corrected chi connectivity index (χ1v) is 9.23. The fourth-order valence-corrected chi connectivity index (χ4v) is 2.20. The first kappa shape index (κ1) is 22.2. The van der Waals surface area contributed by atoms with E-state index in [1.165, 1.54) is 77.0 Å². The van der Waals surface area contributed by atoms with E-state index < -0.39 is 0 Å². The van der Waals surface area contributed by atoms with Crippen molar-refractivity contribution < 1.29 is 0 Å². The van der Waals surface area contributed by atoms with Crippen molar-refractivity contribution in [3.8, 4) is 0 Å². The fourth-order valence-electron chi connectivity index (χ4n) is 2.20. The third kappa shape index (κ3) is 26.5. The third-order valence-corrected chi connectivity index (χ3v) is 3.62. The smallest absolute Gasteiger partial charge is 0.00773 e. The lowest BCUT2D eigenvalue weighted by atomic mass is 10.1. The lowest BCUT2D eigenvalue weighted by Crippen LogP contribution is -2.00. The van der Waals surface area contributed by atoms with Crippen LogP contribution in [0.2, 0.25) is 0 Å². The Morgan fingerprint density at radius 1 is 0.400 bits per heavy atom. The van der Waals surface area contributed by atoms with Gasteiger partial charge >= 0.3 is 0 Å². The molecule has 0 aromatic carbocycles. The first-order chi connectivity index (χ1) is 9.83. The highest BCUT2D eigenvalue weighted by Crippen LogP contribution is 2.09. The van der Waals surface area contributed by atoms with Crippen molar-refractivity contribution >= 4 is 0 Å². The highest BCUT2D eigenvalue weighted by atomic mass is 14.5. The second-order valence-corrected chi connectivity index (χ2v) is 5.82. The molecule has 0 saturated carbocycles. The summed E-state index contributed by atoms with van der Waals surface area (Å²) in [6, 6.07) is 0. The second-order valence-electron chi connectivity index (χ2n) is 5.82. The molecule has 0 fully saturated rings. The number of nitrogens with two attached hydrogens (primary N) is 2. The Bertz CT molecular complexity index is 121. The van der Waals surface area contributed by atoms with Gasteiger partial charge in [-0.15, -0.1) is 0 Å². The summed E-state index contributed by atoms with van der Waals surface area (Å²) in [7, 11) is 0. The van der Waals surface area contributed by atoms with Gasteiger partial charge < -0.3 is 11.5 Å². The van der Waals surface area contributed by atoms with E-state index in [0.29, 0.717) is 0 Å². The normalized spacial score (nSPS) is 10.2. The van der Waals surface area contributed by atoms with Crippen LogP contribution >= 0.6 is 0 Å². The monoisotopic (exact) mass is 286 g/mol. The van der Waals surface area contributed by atoms with E-state index in [2.05, 4.69) is 13.8 Å². The molecule has 0 aliphatic carbocycles. The standard InChI is InChI=1S/C12H26.C6H16N2/c1-3-5-7-9-11-12-10-8-6-4-2;7-5-3-1-2-4-6-8/h3-12H2,1-2H3;1-8H2. The Balaban J connectivity index is 0. The van der Waals surface area contributed by atoms with Gasteiger partial charge in [0, 0.05) is 0 Å². The van der Waals surface area contributed by atoms with Gasteiger partial charge in [-0.3, -0.25) is 0 Å². The summed E-state index contributed by atoms with van der Waals surface area (Å²) in [5.41, 5.74) is 10.6. The molecular formula is C18H42N2. The molecule has 0 atom stereocenters. The van der Waals surface area contributed by atoms with E-state index in [4.69, 9.17) is 11.5 Å². The molecule has 0 aliphatic heterocycles. The lowest BCUT2D eigenvalue weighted by Gasteiger charge is -1.99. The van der Waals surface area contributed by atoms with Crippen LogP contribution in [-0.2, 0) is 0 Å². The molecule has 0 saturated heterocycles. The number of hydrogen-bond donors (Lipinski definition) is 2. The fraction of sp³-hybridized carbons (Fsp3) is 1.00. The van der Waals surface area contributed by atoms with Gasteiger partial charge in [0.15, 0.2) is 0 Å². The summed E-state index contributed by atoms with van der Waals surface area (Å²) in [5.74, 6) is 0. The van der Waals surface area contributed by atoms with E-state index in [9.17, 15) is 0 Å². The Labute approximate surface area is 129 Å². The van der Waals surface area contributed by atoms with Crippen molar-refractivity contribution in [2.45, 2.75) is 104 Å². The zero-order chi connectivity index (χ0) is 15.3. The lowest BCUT2D eigenvalue weighted by molar-refractivity contribution is 0.562. The average Bonchev–Trinajstić information content (AvgIpc) is 2.47. The minimum absolute atomic E-state index is 0.824. The van der Waals surface area contributed by atoms with Crippen LogP contribution in [-0.4, -0.2) is 13.1 Å². The first-order valence-electron chi connectivity index (χ1n) is 9.23. The SMILES string of the molecule is CCCCCCCCCCCC.NCCCCCCN. The van der Waals surface area contributed by atoms with Crippen LogP contribution in [0, 0.1) is 0 Å². The topological polar surface area (TPSA) is 52.0 Å². The van der Waals surface area contributed by atoms with Crippen LogP contribution in [0.25, 0.3) is 0 Å². The van der Waals surface area contributed by atoms with E-state index in [0.717, 1.165) is 25.9 Å².